The van der Waals surface area contributed by atoms with Crippen LogP contribution in [0.1, 0.15) is 105 Å². The molecule has 0 spiro atoms. The summed E-state index contributed by atoms with van der Waals surface area (Å²) in [6.45, 7) is 35.4. The Labute approximate surface area is 812 Å². The Balaban J connectivity index is 0.000000144. The number of fused-ring (bicyclic) bond motifs is 4. The molecule has 0 atom stereocenters. The summed E-state index contributed by atoms with van der Waals surface area (Å²) in [5, 5.41) is 0. The molecule has 6 heterocycles. The molecule has 0 amide bonds. The Hall–Kier alpha value is -11.6. The van der Waals surface area contributed by atoms with Crippen molar-refractivity contribution in [2.45, 2.75) is 105 Å². The number of hydrogen-bond acceptors (Lipinski definition) is 10. The van der Waals surface area contributed by atoms with Crippen LogP contribution in [0.2, 0.25) is 0 Å². The molecule has 0 N–H and O–H groups in total. The number of benzene rings is 14. The second-order valence-corrected chi connectivity index (χ2v) is 35.5. The monoisotopic (exact) mass is 2380 g/mol. The molecule has 14 heteroatoms. The summed E-state index contributed by atoms with van der Waals surface area (Å²) < 4.78 is 0. The average Bonchev–Trinajstić information content (AvgIpc) is 1.62. The van der Waals surface area contributed by atoms with Gasteiger partial charge in [-0.1, -0.05) is 307 Å². The second-order valence-electron chi connectivity index (χ2n) is 35.5. The zero-order chi connectivity index (χ0) is 85.7. The molecule has 652 valence electrons. The summed E-state index contributed by atoms with van der Waals surface area (Å²) in [4.78, 5) is 27.2. The Morgan fingerprint density at radius 1 is 0.211 bits per heavy atom. The molecule has 16 aromatic rings. The Morgan fingerprint density at radius 3 is 0.797 bits per heavy atom. The molecule has 10 nitrogen and oxygen atoms in total. The molecule has 4 radical (unpaired) electrons. The summed E-state index contributed by atoms with van der Waals surface area (Å²) >= 11 is 0. The third-order valence-electron chi connectivity index (χ3n) is 22.9. The number of para-hydroxylation sites is 8. The summed E-state index contributed by atoms with van der Waals surface area (Å²) in [7, 11) is 0. The summed E-state index contributed by atoms with van der Waals surface area (Å²) in [6.07, 6.45) is 3.70. The van der Waals surface area contributed by atoms with Gasteiger partial charge in [-0.15, -0.1) is 73.7 Å². The van der Waals surface area contributed by atoms with Crippen LogP contribution < -0.4 is 39.2 Å². The van der Waals surface area contributed by atoms with Gasteiger partial charge in [-0.2, -0.15) is 95.1 Å². The molecule has 0 saturated heterocycles. The normalized spacial score (nSPS) is 13.0. The smallest absolute Gasteiger partial charge is 0.126 e. The van der Waals surface area contributed by atoms with E-state index in [2.05, 4.69) is 495 Å². The molecule has 128 heavy (non-hydrogen) atoms. The molecular formula is C114H102Ir4N10-8. The number of anilines is 16. The van der Waals surface area contributed by atoms with Crippen LogP contribution in [-0.4, -0.2) is 9.97 Å². The van der Waals surface area contributed by atoms with Gasteiger partial charge in [0.2, 0.25) is 0 Å². The van der Waals surface area contributed by atoms with E-state index in [9.17, 15) is 0 Å². The largest absolute Gasteiger partial charge is 0.493 e. The molecule has 0 bridgehead atoms. The molecule has 20 rings (SSSR count). The Bertz CT molecular complexity index is 5920. The number of hydrogen-bond donors (Lipinski definition) is 0. The minimum Gasteiger partial charge on any atom is -0.493 e. The molecule has 0 aliphatic carbocycles. The van der Waals surface area contributed by atoms with Gasteiger partial charge in [-0.25, -0.2) is 9.97 Å². The van der Waals surface area contributed by atoms with Gasteiger partial charge in [0.15, 0.2) is 0 Å². The fourth-order valence-corrected chi connectivity index (χ4v) is 16.1. The van der Waals surface area contributed by atoms with Crippen molar-refractivity contribution in [3.05, 3.63) is 450 Å². The molecule has 0 fully saturated rings. The molecule has 0 saturated carbocycles. The topological polar surface area (TPSA) is 51.7 Å². The maximum atomic E-state index is 4.74. The minimum absolute atomic E-state index is 0. The van der Waals surface area contributed by atoms with E-state index in [1.165, 1.54) is 78.1 Å². The fraction of sp³-hybridized carbons (Fsp3) is 0.140. The first-order valence-corrected chi connectivity index (χ1v) is 42.6. The Morgan fingerprint density at radius 2 is 0.461 bits per heavy atom. The van der Waals surface area contributed by atoms with Crippen molar-refractivity contribution >= 4 is 91.3 Å². The van der Waals surface area contributed by atoms with Crippen LogP contribution >= 0.6 is 0 Å². The quantitative estimate of drug-likeness (QED) is 0.111. The number of aromatic nitrogens is 2. The van der Waals surface area contributed by atoms with Crippen molar-refractivity contribution < 1.29 is 80.4 Å². The first-order valence-electron chi connectivity index (χ1n) is 42.6. The van der Waals surface area contributed by atoms with Crippen molar-refractivity contribution in [3.63, 3.8) is 0 Å². The second kappa shape index (κ2) is 40.8. The minimum atomic E-state index is 0. The predicted molar refractivity (Wildman–Crippen MR) is 519 cm³/mol. The van der Waals surface area contributed by atoms with Crippen LogP contribution in [0, 0.1) is 50.9 Å². The van der Waals surface area contributed by atoms with Gasteiger partial charge in [-0.05, 0) is 111 Å². The van der Waals surface area contributed by atoms with Gasteiger partial charge in [0.25, 0.3) is 0 Å². The predicted octanol–water partition coefficient (Wildman–Crippen LogP) is 30.2. The van der Waals surface area contributed by atoms with E-state index >= 15 is 0 Å². The molecule has 0 unspecified atom stereocenters. The zero-order valence-corrected chi connectivity index (χ0v) is 83.5. The van der Waals surface area contributed by atoms with E-state index < -0.39 is 0 Å². The van der Waals surface area contributed by atoms with Crippen molar-refractivity contribution in [3.8, 4) is 44.5 Å². The molecule has 2 aromatic heterocycles. The first kappa shape index (κ1) is 94.0. The SMILES string of the molecule is CC(C)(C)c1c[c-]c(N2[CH-]N(c3ccccc3-c3ccccc3)c3ccccc32)cc1.CC(C)(C)c1cc[c-]c(N2[CH-]N(c3ccccc3-c3ccccc3)c3ccccc32)c1.CC(C)(C)c1cc[c-]c(N2[CH-]N(c3ccccc3-c3ccccc3)c3cccnc32)c1.CC(C)(C)c1cc[c-]c(N2[CH-]N(c3ccccc3-c3ccccc3)c3ncccc32)c1.[Ir].[Ir].[Ir].[Ir]. The van der Waals surface area contributed by atoms with Gasteiger partial charge < -0.3 is 39.2 Å². The summed E-state index contributed by atoms with van der Waals surface area (Å²) in [5.41, 5.74) is 30.5. The van der Waals surface area contributed by atoms with Crippen LogP contribution in [0.3, 0.4) is 0 Å². The number of nitrogens with zero attached hydrogens (tertiary/aromatic N) is 10. The maximum absolute atomic E-state index is 4.74. The fourth-order valence-electron chi connectivity index (χ4n) is 16.1. The standard InChI is InChI=1S/2C29H26N2.2C28H25N3.4Ir/c1-29(2,3)23-14-11-15-24(20-23)30-21-31(28-19-10-9-18-27(28)30)26-17-8-7-16-25(26)22-12-5-4-6-13-22;1-29(2,3)23-17-19-24(20-18-23)30-21-31(28-16-10-9-15-27(28)30)26-14-8-7-13-25(26)22-11-5-4-6-12-22;1-28(2,3)22-13-9-14-23(19-22)30-20-31(26-17-10-18-29-27(26)30)25-16-8-7-15-24(25)21-11-5-4-6-12-21;1-28(2,3)22-13-9-14-23(19-22)30-20-31(27-26(30)17-10-18-29-27)25-16-8-7-15-24(25)21-11-5-4-6-12-21;;;;/h4-14,16-21H,1-3H3;4-19,21H,1-3H3;2*4-13,15-20H,1-3H3;;;;/q4*-2;;;;. The van der Waals surface area contributed by atoms with Crippen molar-refractivity contribution in [1.29, 1.82) is 0 Å². The van der Waals surface area contributed by atoms with Crippen molar-refractivity contribution in [1.82, 2.24) is 9.97 Å². The van der Waals surface area contributed by atoms with E-state index in [-0.39, 0.29) is 102 Å². The maximum Gasteiger partial charge on any atom is 0.126 e. The van der Waals surface area contributed by atoms with Crippen LogP contribution in [0.4, 0.5) is 91.3 Å². The van der Waals surface area contributed by atoms with Crippen LogP contribution in [-0.2, 0) is 102 Å². The molecule has 14 aromatic carbocycles. The third kappa shape index (κ3) is 20.4. The number of rotatable bonds is 12. The zero-order valence-electron chi connectivity index (χ0n) is 73.9. The van der Waals surface area contributed by atoms with Gasteiger partial charge in [0, 0.05) is 161 Å². The first-order chi connectivity index (χ1) is 60.1. The van der Waals surface area contributed by atoms with Gasteiger partial charge >= 0.3 is 0 Å². The molecule has 4 aliphatic rings. The van der Waals surface area contributed by atoms with Crippen LogP contribution in [0.15, 0.2) is 376 Å². The van der Waals surface area contributed by atoms with E-state index in [0.717, 1.165) is 79.9 Å². The molecule has 4 aliphatic heterocycles. The van der Waals surface area contributed by atoms with Gasteiger partial charge in [0.1, 0.15) is 11.6 Å². The van der Waals surface area contributed by atoms with E-state index in [0.29, 0.717) is 0 Å². The van der Waals surface area contributed by atoms with E-state index in [1.54, 1.807) is 0 Å². The number of pyridine rings is 2. The molecular weight excluding hydrogens is 2280 g/mol. The van der Waals surface area contributed by atoms with E-state index in [4.69, 9.17) is 9.97 Å². The van der Waals surface area contributed by atoms with E-state index in [1.807, 2.05) is 54.9 Å². The average molecular weight is 2380 g/mol. The Kier molecular flexibility index (Phi) is 30.0. The van der Waals surface area contributed by atoms with Crippen molar-refractivity contribution in [2.75, 3.05) is 39.2 Å². The summed E-state index contributed by atoms with van der Waals surface area (Å²) in [6, 6.07) is 141. The van der Waals surface area contributed by atoms with Crippen molar-refractivity contribution in [2.24, 2.45) is 0 Å². The summed E-state index contributed by atoms with van der Waals surface area (Å²) in [5.74, 6) is 1.83. The van der Waals surface area contributed by atoms with Crippen LogP contribution in [0.5, 0.6) is 0 Å². The third-order valence-corrected chi connectivity index (χ3v) is 22.9. The van der Waals surface area contributed by atoms with Crippen LogP contribution in [0.25, 0.3) is 44.5 Å². The van der Waals surface area contributed by atoms with Gasteiger partial charge in [-0.3, -0.25) is 0 Å². The van der Waals surface area contributed by atoms with Gasteiger partial charge in [0.05, 0.1) is 11.4 Å².